The van der Waals surface area contributed by atoms with Crippen molar-refractivity contribution in [2.75, 3.05) is 18.2 Å². The van der Waals surface area contributed by atoms with Crippen LogP contribution in [0.2, 0.25) is 0 Å². The van der Waals surface area contributed by atoms with Crippen molar-refractivity contribution in [1.82, 2.24) is 0 Å². The van der Waals surface area contributed by atoms with Gasteiger partial charge >= 0.3 is 0 Å². The minimum absolute atomic E-state index is 0.189. The lowest BCUT2D eigenvalue weighted by Gasteiger charge is -2.11. The van der Waals surface area contributed by atoms with E-state index in [-0.39, 0.29) is 5.91 Å². The summed E-state index contributed by atoms with van der Waals surface area (Å²) in [6, 6.07) is 5.36. The second-order valence-corrected chi connectivity index (χ2v) is 5.82. The average molecular weight is 341 g/mol. The Morgan fingerprint density at radius 1 is 1.42 bits per heavy atom. The molecule has 0 aliphatic heterocycles. The third kappa shape index (κ3) is 3.08. The van der Waals surface area contributed by atoms with Crippen LogP contribution in [0.15, 0.2) is 28.1 Å². The number of carbonyl (C=O) groups excluding carboxylic acids is 1. The lowest BCUT2D eigenvalue weighted by molar-refractivity contribution is 0.103. The molecule has 0 unspecified atom stereocenters. The van der Waals surface area contributed by atoms with E-state index >= 15 is 0 Å². The third-order valence-corrected chi connectivity index (χ3v) is 3.97. The average Bonchev–Trinajstić information content (AvgIpc) is 2.82. The molecule has 0 bridgehead atoms. The summed E-state index contributed by atoms with van der Waals surface area (Å²) in [5.74, 6) is 0.487. The summed E-state index contributed by atoms with van der Waals surface area (Å²) in [5.41, 5.74) is 7.99. The molecule has 1 aromatic carbocycles. The number of hydrogen-bond acceptors (Lipinski definition) is 4. The van der Waals surface area contributed by atoms with Crippen molar-refractivity contribution in [2.45, 2.75) is 6.92 Å². The summed E-state index contributed by atoms with van der Waals surface area (Å²) >= 11 is 4.69. The fourth-order valence-corrected chi connectivity index (χ4v) is 3.00. The maximum absolute atomic E-state index is 12.1. The van der Waals surface area contributed by atoms with Gasteiger partial charge < -0.3 is 15.8 Å². The highest BCUT2D eigenvalue weighted by molar-refractivity contribution is 9.10. The number of hydrogen-bond donors (Lipinski definition) is 2. The summed E-state index contributed by atoms with van der Waals surface area (Å²) in [5, 5.41) is 4.61. The molecule has 1 heterocycles. The highest BCUT2D eigenvalue weighted by Crippen LogP contribution is 2.29. The van der Waals surface area contributed by atoms with Crippen molar-refractivity contribution in [1.29, 1.82) is 0 Å². The van der Waals surface area contributed by atoms with E-state index in [1.807, 2.05) is 13.0 Å². The summed E-state index contributed by atoms with van der Waals surface area (Å²) in [6.45, 7) is 1.89. The van der Waals surface area contributed by atoms with Crippen LogP contribution in [-0.4, -0.2) is 13.0 Å². The SMILES string of the molecule is COc1csc(C(=O)Nc2c(C)cc(Br)cc2N)c1. The molecule has 2 aromatic rings. The van der Waals surface area contributed by atoms with E-state index in [2.05, 4.69) is 21.2 Å². The van der Waals surface area contributed by atoms with Crippen LogP contribution in [0.1, 0.15) is 15.2 Å². The Balaban J connectivity index is 2.24. The zero-order valence-electron chi connectivity index (χ0n) is 10.5. The molecule has 0 saturated heterocycles. The van der Waals surface area contributed by atoms with Gasteiger partial charge in [0.25, 0.3) is 5.91 Å². The lowest BCUT2D eigenvalue weighted by Crippen LogP contribution is -2.12. The number of nitrogen functional groups attached to an aromatic ring is 1. The number of anilines is 2. The van der Waals surface area contributed by atoms with Crippen LogP contribution in [0.25, 0.3) is 0 Å². The first-order chi connectivity index (χ1) is 9.01. The van der Waals surface area contributed by atoms with E-state index in [4.69, 9.17) is 10.5 Å². The van der Waals surface area contributed by atoms with Crippen LogP contribution in [0, 0.1) is 6.92 Å². The molecule has 0 aliphatic carbocycles. The van der Waals surface area contributed by atoms with E-state index in [1.165, 1.54) is 11.3 Å². The summed E-state index contributed by atoms with van der Waals surface area (Å²) < 4.78 is 5.95. The third-order valence-electron chi connectivity index (χ3n) is 2.60. The summed E-state index contributed by atoms with van der Waals surface area (Å²) in [4.78, 5) is 12.7. The second kappa shape index (κ2) is 5.63. The van der Waals surface area contributed by atoms with Gasteiger partial charge in [0.15, 0.2) is 0 Å². The number of aryl methyl sites for hydroxylation is 1. The van der Waals surface area contributed by atoms with E-state index < -0.39 is 0 Å². The zero-order chi connectivity index (χ0) is 14.0. The Hall–Kier alpha value is -1.53. The topological polar surface area (TPSA) is 64.3 Å². The van der Waals surface area contributed by atoms with E-state index in [0.29, 0.717) is 22.0 Å². The number of halogens is 1. The molecular weight excluding hydrogens is 328 g/mol. The molecule has 0 radical (unpaired) electrons. The van der Waals surface area contributed by atoms with E-state index in [1.54, 1.807) is 24.6 Å². The minimum atomic E-state index is -0.189. The summed E-state index contributed by atoms with van der Waals surface area (Å²) in [7, 11) is 1.57. The number of ether oxygens (including phenoxy) is 1. The largest absolute Gasteiger partial charge is 0.496 e. The lowest BCUT2D eigenvalue weighted by atomic mass is 10.1. The smallest absolute Gasteiger partial charge is 0.265 e. The molecule has 4 nitrogen and oxygen atoms in total. The predicted octanol–water partition coefficient (Wildman–Crippen LogP) is 3.66. The predicted molar refractivity (Wildman–Crippen MR) is 82.1 cm³/mol. The van der Waals surface area contributed by atoms with Gasteiger partial charge in [-0.3, -0.25) is 4.79 Å². The molecule has 100 valence electrons. The maximum atomic E-state index is 12.1. The molecule has 0 spiro atoms. The molecular formula is C13H13BrN2O2S. The number of carbonyl (C=O) groups is 1. The normalized spacial score (nSPS) is 10.3. The molecule has 6 heteroatoms. The number of rotatable bonds is 3. The molecule has 0 atom stereocenters. The molecule has 19 heavy (non-hydrogen) atoms. The van der Waals surface area contributed by atoms with Crippen LogP contribution in [0.3, 0.4) is 0 Å². The van der Waals surface area contributed by atoms with Crippen molar-refractivity contribution < 1.29 is 9.53 Å². The number of methoxy groups -OCH3 is 1. The van der Waals surface area contributed by atoms with Gasteiger partial charge in [0.1, 0.15) is 5.75 Å². The van der Waals surface area contributed by atoms with Gasteiger partial charge in [-0.2, -0.15) is 0 Å². The van der Waals surface area contributed by atoms with Gasteiger partial charge in [-0.05, 0) is 24.6 Å². The first-order valence-corrected chi connectivity index (χ1v) is 7.18. The number of amides is 1. The van der Waals surface area contributed by atoms with Crippen molar-refractivity contribution in [2.24, 2.45) is 0 Å². The number of benzene rings is 1. The molecule has 1 amide bonds. The number of thiophene rings is 1. The minimum Gasteiger partial charge on any atom is -0.496 e. The Morgan fingerprint density at radius 2 is 2.16 bits per heavy atom. The van der Waals surface area contributed by atoms with Gasteiger partial charge in [-0.1, -0.05) is 15.9 Å². The van der Waals surface area contributed by atoms with Crippen molar-refractivity contribution in [3.8, 4) is 5.75 Å². The van der Waals surface area contributed by atoms with Crippen molar-refractivity contribution >= 4 is 44.5 Å². The fraction of sp³-hybridized carbons (Fsp3) is 0.154. The molecule has 0 aliphatic rings. The van der Waals surface area contributed by atoms with E-state index in [0.717, 1.165) is 10.0 Å². The highest BCUT2D eigenvalue weighted by Gasteiger charge is 2.13. The molecule has 2 rings (SSSR count). The number of nitrogens with two attached hydrogens (primary N) is 1. The van der Waals surface area contributed by atoms with Crippen LogP contribution >= 0.6 is 27.3 Å². The molecule has 0 saturated carbocycles. The monoisotopic (exact) mass is 340 g/mol. The maximum Gasteiger partial charge on any atom is 0.265 e. The Bertz CT molecular complexity index is 602. The Kier molecular flexibility index (Phi) is 4.11. The first kappa shape index (κ1) is 13.9. The van der Waals surface area contributed by atoms with Crippen LogP contribution in [0.4, 0.5) is 11.4 Å². The highest BCUT2D eigenvalue weighted by atomic mass is 79.9. The zero-order valence-corrected chi connectivity index (χ0v) is 12.9. The number of nitrogens with one attached hydrogen (secondary N) is 1. The standard InChI is InChI=1S/C13H13BrN2O2S/c1-7-3-8(14)4-10(15)12(7)16-13(17)11-5-9(18-2)6-19-11/h3-6H,15H2,1-2H3,(H,16,17). The van der Waals surface area contributed by atoms with Gasteiger partial charge in [0, 0.05) is 15.9 Å². The molecule has 1 aromatic heterocycles. The van der Waals surface area contributed by atoms with Gasteiger partial charge in [0.2, 0.25) is 0 Å². The van der Waals surface area contributed by atoms with Crippen LogP contribution in [0.5, 0.6) is 5.75 Å². The van der Waals surface area contributed by atoms with Crippen LogP contribution < -0.4 is 15.8 Å². The van der Waals surface area contributed by atoms with Crippen molar-refractivity contribution in [3.05, 3.63) is 38.5 Å². The van der Waals surface area contributed by atoms with E-state index in [9.17, 15) is 4.79 Å². The first-order valence-electron chi connectivity index (χ1n) is 5.50. The summed E-state index contributed by atoms with van der Waals surface area (Å²) in [6.07, 6.45) is 0. The van der Waals surface area contributed by atoms with Gasteiger partial charge in [-0.25, -0.2) is 0 Å². The second-order valence-electron chi connectivity index (χ2n) is 3.99. The quantitative estimate of drug-likeness (QED) is 0.838. The Labute approximate surface area is 123 Å². The molecule has 0 fully saturated rings. The van der Waals surface area contributed by atoms with Gasteiger partial charge in [0.05, 0.1) is 23.4 Å². The van der Waals surface area contributed by atoms with Crippen molar-refractivity contribution in [3.63, 3.8) is 0 Å². The fourth-order valence-electron chi connectivity index (χ4n) is 1.66. The van der Waals surface area contributed by atoms with Crippen LogP contribution in [-0.2, 0) is 0 Å². The Morgan fingerprint density at radius 3 is 2.74 bits per heavy atom. The molecule has 3 N–H and O–H groups in total. The van der Waals surface area contributed by atoms with Gasteiger partial charge in [-0.15, -0.1) is 11.3 Å².